The Balaban J connectivity index is 0.00000182. The minimum absolute atomic E-state index is 0. The Hall–Kier alpha value is -0.850. The van der Waals surface area contributed by atoms with Crippen LogP contribution in [0.4, 0.5) is 0 Å². The minimum atomic E-state index is 0. The van der Waals surface area contributed by atoms with Gasteiger partial charge in [-0.2, -0.15) is 0 Å². The fraction of sp³-hybridized carbons (Fsp3) is 0.650. The number of carbonyl (C=O) groups excluding carboxylic acids is 1. The molecule has 0 bridgehead atoms. The van der Waals surface area contributed by atoms with Crippen molar-refractivity contribution in [2.75, 3.05) is 32.7 Å². The molecule has 2 saturated heterocycles. The van der Waals surface area contributed by atoms with Crippen molar-refractivity contribution in [3.8, 4) is 0 Å². The Kier molecular flexibility index (Phi) is 10.1. The highest BCUT2D eigenvalue weighted by Crippen LogP contribution is 2.19. The molecule has 2 fully saturated rings. The summed E-state index contributed by atoms with van der Waals surface area (Å²) in [6.45, 7) is 9.46. The molecule has 2 aliphatic rings. The molecule has 3 rings (SSSR count). The van der Waals surface area contributed by atoms with Crippen LogP contribution < -0.4 is 5.73 Å². The maximum Gasteiger partial charge on any atom is 0.253 e. The van der Waals surface area contributed by atoms with E-state index in [-0.39, 0.29) is 42.9 Å². The standard InChI is InChI=1S/C20H31N3O2.2ClH/c1-15-12-22(13-16(2)25-15)14-18-3-5-19(6-4-18)20(24)23-9-7-17(11-21)8-10-23;;/h3-6,15-17H,7-14,21H2,1-2H3;2*1H. The average molecular weight is 418 g/mol. The van der Waals surface area contributed by atoms with E-state index in [1.165, 1.54) is 5.56 Å². The first-order valence-corrected chi connectivity index (χ1v) is 9.51. The summed E-state index contributed by atoms with van der Waals surface area (Å²) in [4.78, 5) is 17.0. The summed E-state index contributed by atoms with van der Waals surface area (Å²) in [5.41, 5.74) is 7.77. The molecule has 2 atom stereocenters. The van der Waals surface area contributed by atoms with E-state index >= 15 is 0 Å². The molecule has 0 aromatic heterocycles. The van der Waals surface area contributed by atoms with Gasteiger partial charge < -0.3 is 15.4 Å². The van der Waals surface area contributed by atoms with Gasteiger partial charge in [-0.1, -0.05) is 12.1 Å². The van der Waals surface area contributed by atoms with Crippen LogP contribution in [0.3, 0.4) is 0 Å². The minimum Gasteiger partial charge on any atom is -0.373 e. The van der Waals surface area contributed by atoms with Gasteiger partial charge >= 0.3 is 0 Å². The molecule has 7 heteroatoms. The number of likely N-dealkylation sites (tertiary alicyclic amines) is 1. The van der Waals surface area contributed by atoms with E-state index in [0.717, 1.165) is 57.7 Å². The van der Waals surface area contributed by atoms with Gasteiger partial charge in [-0.25, -0.2) is 0 Å². The molecule has 2 N–H and O–H groups in total. The molecule has 27 heavy (non-hydrogen) atoms. The normalized spacial score (nSPS) is 24.0. The molecule has 1 amide bonds. The number of hydrogen-bond acceptors (Lipinski definition) is 4. The lowest BCUT2D eigenvalue weighted by atomic mass is 9.96. The van der Waals surface area contributed by atoms with E-state index in [1.54, 1.807) is 0 Å². The second-order valence-electron chi connectivity index (χ2n) is 7.62. The zero-order valence-electron chi connectivity index (χ0n) is 16.3. The first-order valence-electron chi connectivity index (χ1n) is 9.51. The first kappa shape index (κ1) is 24.2. The molecule has 0 radical (unpaired) electrons. The lowest BCUT2D eigenvalue weighted by Gasteiger charge is -2.35. The van der Waals surface area contributed by atoms with Crippen LogP contribution in [-0.2, 0) is 11.3 Å². The van der Waals surface area contributed by atoms with Gasteiger partial charge in [0.05, 0.1) is 12.2 Å². The van der Waals surface area contributed by atoms with Gasteiger partial charge in [-0.05, 0) is 56.8 Å². The smallest absolute Gasteiger partial charge is 0.253 e. The molecule has 0 spiro atoms. The van der Waals surface area contributed by atoms with Crippen LogP contribution in [0.15, 0.2) is 24.3 Å². The molecule has 2 aliphatic heterocycles. The number of morpholine rings is 1. The van der Waals surface area contributed by atoms with Crippen molar-refractivity contribution in [1.82, 2.24) is 9.80 Å². The van der Waals surface area contributed by atoms with E-state index in [1.807, 2.05) is 17.0 Å². The van der Waals surface area contributed by atoms with Crippen molar-refractivity contribution in [3.63, 3.8) is 0 Å². The van der Waals surface area contributed by atoms with Crippen LogP contribution >= 0.6 is 24.8 Å². The summed E-state index contributed by atoms with van der Waals surface area (Å²) in [6, 6.07) is 8.12. The number of nitrogens with two attached hydrogens (primary N) is 1. The predicted molar refractivity (Wildman–Crippen MR) is 114 cm³/mol. The number of piperidine rings is 1. The van der Waals surface area contributed by atoms with E-state index in [9.17, 15) is 4.79 Å². The molecular weight excluding hydrogens is 385 g/mol. The van der Waals surface area contributed by atoms with Crippen molar-refractivity contribution < 1.29 is 9.53 Å². The summed E-state index contributed by atoms with van der Waals surface area (Å²) in [7, 11) is 0. The Morgan fingerprint density at radius 3 is 2.15 bits per heavy atom. The maximum absolute atomic E-state index is 12.6. The van der Waals surface area contributed by atoms with Gasteiger partial charge in [0, 0.05) is 38.3 Å². The summed E-state index contributed by atoms with van der Waals surface area (Å²) in [6.07, 6.45) is 2.60. The molecule has 5 nitrogen and oxygen atoms in total. The van der Waals surface area contributed by atoms with E-state index < -0.39 is 0 Å². The van der Waals surface area contributed by atoms with Gasteiger partial charge in [0.25, 0.3) is 5.91 Å². The van der Waals surface area contributed by atoms with Gasteiger partial charge in [0.2, 0.25) is 0 Å². The van der Waals surface area contributed by atoms with Crippen LogP contribution in [0.1, 0.15) is 42.6 Å². The predicted octanol–water partition coefficient (Wildman–Crippen LogP) is 2.95. The third-order valence-electron chi connectivity index (χ3n) is 5.34. The number of benzene rings is 1. The quantitative estimate of drug-likeness (QED) is 0.817. The third kappa shape index (κ3) is 6.61. The highest BCUT2D eigenvalue weighted by Gasteiger charge is 2.24. The number of carbonyl (C=O) groups is 1. The Morgan fingerprint density at radius 2 is 1.63 bits per heavy atom. The molecule has 0 saturated carbocycles. The van der Waals surface area contributed by atoms with Crippen molar-refractivity contribution in [3.05, 3.63) is 35.4 Å². The zero-order valence-corrected chi connectivity index (χ0v) is 17.9. The fourth-order valence-electron chi connectivity index (χ4n) is 3.98. The summed E-state index contributed by atoms with van der Waals surface area (Å²) < 4.78 is 5.79. The second-order valence-corrected chi connectivity index (χ2v) is 7.62. The van der Waals surface area contributed by atoms with E-state index in [4.69, 9.17) is 10.5 Å². The number of rotatable bonds is 4. The molecular formula is C20H33Cl2N3O2. The molecule has 1 aromatic carbocycles. The van der Waals surface area contributed by atoms with Crippen LogP contribution in [-0.4, -0.2) is 60.6 Å². The SMILES string of the molecule is CC1CN(Cc2ccc(C(=O)N3CCC(CN)CC3)cc2)CC(C)O1.Cl.Cl. The van der Waals surface area contributed by atoms with Crippen LogP contribution in [0.5, 0.6) is 0 Å². The summed E-state index contributed by atoms with van der Waals surface area (Å²) in [5, 5.41) is 0. The number of halogens is 2. The van der Waals surface area contributed by atoms with Gasteiger partial charge in [0.15, 0.2) is 0 Å². The Labute approximate surface area is 175 Å². The maximum atomic E-state index is 12.6. The Morgan fingerprint density at radius 1 is 1.07 bits per heavy atom. The highest BCUT2D eigenvalue weighted by atomic mass is 35.5. The lowest BCUT2D eigenvalue weighted by Crippen LogP contribution is -2.44. The van der Waals surface area contributed by atoms with Gasteiger partial charge in [-0.15, -0.1) is 24.8 Å². The first-order chi connectivity index (χ1) is 12.0. The van der Waals surface area contributed by atoms with Crippen LogP contribution in [0, 0.1) is 5.92 Å². The number of amides is 1. The molecule has 1 aromatic rings. The number of hydrogen-bond donors (Lipinski definition) is 1. The van der Waals surface area contributed by atoms with Crippen LogP contribution in [0.2, 0.25) is 0 Å². The monoisotopic (exact) mass is 417 g/mol. The molecule has 154 valence electrons. The molecule has 0 aliphatic carbocycles. The highest BCUT2D eigenvalue weighted by molar-refractivity contribution is 5.94. The second kappa shape index (κ2) is 11.2. The van der Waals surface area contributed by atoms with Crippen molar-refractivity contribution in [2.45, 2.75) is 45.4 Å². The van der Waals surface area contributed by atoms with Gasteiger partial charge in [0.1, 0.15) is 0 Å². The van der Waals surface area contributed by atoms with Crippen LogP contribution in [0.25, 0.3) is 0 Å². The number of nitrogens with zero attached hydrogens (tertiary/aromatic N) is 2. The number of ether oxygens (including phenoxy) is 1. The molecule has 2 heterocycles. The van der Waals surface area contributed by atoms with E-state index in [2.05, 4.69) is 30.9 Å². The van der Waals surface area contributed by atoms with Gasteiger partial charge in [-0.3, -0.25) is 9.69 Å². The lowest BCUT2D eigenvalue weighted by molar-refractivity contribution is -0.0704. The van der Waals surface area contributed by atoms with Crippen molar-refractivity contribution >= 4 is 30.7 Å². The largest absolute Gasteiger partial charge is 0.373 e. The topological polar surface area (TPSA) is 58.8 Å². The average Bonchev–Trinajstić information content (AvgIpc) is 2.61. The van der Waals surface area contributed by atoms with Crippen molar-refractivity contribution in [1.29, 1.82) is 0 Å². The van der Waals surface area contributed by atoms with Crippen molar-refractivity contribution in [2.24, 2.45) is 11.7 Å². The molecule has 2 unspecified atom stereocenters. The zero-order chi connectivity index (χ0) is 17.8. The summed E-state index contributed by atoms with van der Waals surface area (Å²) >= 11 is 0. The summed E-state index contributed by atoms with van der Waals surface area (Å²) in [5.74, 6) is 0.723. The van der Waals surface area contributed by atoms with E-state index in [0.29, 0.717) is 5.92 Å². The fourth-order valence-corrected chi connectivity index (χ4v) is 3.98. The third-order valence-corrected chi connectivity index (χ3v) is 5.34. The Bertz CT molecular complexity index is 567.